The summed E-state index contributed by atoms with van der Waals surface area (Å²) in [5.41, 5.74) is 3.35. The average Bonchev–Trinajstić information content (AvgIpc) is 3.10. The zero-order chi connectivity index (χ0) is 19.2. The first-order valence-corrected chi connectivity index (χ1v) is 8.63. The molecule has 0 saturated heterocycles. The molecule has 0 atom stereocenters. The molecule has 138 valence electrons. The lowest BCUT2D eigenvalue weighted by Gasteiger charge is -2.10. The molecule has 2 aromatic heterocycles. The highest BCUT2D eigenvalue weighted by Crippen LogP contribution is 2.30. The fraction of sp³-hybridized carbons (Fsp3) is 0.250. The summed E-state index contributed by atoms with van der Waals surface area (Å²) in [5.74, 6) is -0.136. The Morgan fingerprint density at radius 1 is 1.19 bits per heavy atom. The Labute approximate surface area is 157 Å². The lowest BCUT2D eigenvalue weighted by molar-refractivity contribution is -0.145. The van der Waals surface area contributed by atoms with Crippen molar-refractivity contribution in [3.63, 3.8) is 0 Å². The standard InChI is InChI=1S/C20H20N4O3/c1-14(2)13-27-18(26)11-24-20(17-5-3-4-15(10-17)12-25)19(22-23-24)16-6-8-21-9-7-16/h3-10,12,14H,11,13H2,1-2H3. The van der Waals surface area contributed by atoms with Crippen LogP contribution in [0, 0.1) is 5.92 Å². The van der Waals surface area contributed by atoms with Gasteiger partial charge in [0.25, 0.3) is 0 Å². The number of nitrogens with zero attached hydrogens (tertiary/aromatic N) is 4. The summed E-state index contributed by atoms with van der Waals surface area (Å²) in [4.78, 5) is 27.4. The molecule has 7 heteroatoms. The molecule has 0 radical (unpaired) electrons. The van der Waals surface area contributed by atoms with E-state index in [1.165, 1.54) is 4.68 Å². The molecule has 0 aliphatic heterocycles. The van der Waals surface area contributed by atoms with Crippen LogP contribution in [-0.4, -0.2) is 38.8 Å². The van der Waals surface area contributed by atoms with E-state index in [-0.39, 0.29) is 18.4 Å². The van der Waals surface area contributed by atoms with Gasteiger partial charge in [0, 0.05) is 29.1 Å². The number of rotatable bonds is 7. The zero-order valence-corrected chi connectivity index (χ0v) is 15.2. The van der Waals surface area contributed by atoms with Gasteiger partial charge in [-0.25, -0.2) is 4.68 Å². The van der Waals surface area contributed by atoms with Crippen LogP contribution in [0.15, 0.2) is 48.8 Å². The third-order valence-corrected chi connectivity index (χ3v) is 3.84. The van der Waals surface area contributed by atoms with Gasteiger partial charge >= 0.3 is 5.97 Å². The molecule has 7 nitrogen and oxygen atoms in total. The van der Waals surface area contributed by atoms with Crippen LogP contribution in [0.3, 0.4) is 0 Å². The second-order valence-corrected chi connectivity index (χ2v) is 6.50. The molecule has 0 aliphatic rings. The van der Waals surface area contributed by atoms with Crippen LogP contribution in [0.5, 0.6) is 0 Å². The van der Waals surface area contributed by atoms with Crippen molar-refractivity contribution >= 4 is 12.3 Å². The molecule has 0 saturated carbocycles. The van der Waals surface area contributed by atoms with Crippen molar-refractivity contribution < 1.29 is 14.3 Å². The largest absolute Gasteiger partial charge is 0.464 e. The average molecular weight is 364 g/mol. The first-order chi connectivity index (χ1) is 13.1. The Hall–Kier alpha value is -3.35. The van der Waals surface area contributed by atoms with E-state index in [1.807, 2.05) is 32.0 Å². The number of esters is 1. The van der Waals surface area contributed by atoms with Gasteiger partial charge in [-0.1, -0.05) is 37.3 Å². The number of pyridine rings is 1. The lowest BCUT2D eigenvalue weighted by Crippen LogP contribution is -2.17. The van der Waals surface area contributed by atoms with Crippen molar-refractivity contribution in [3.8, 4) is 22.5 Å². The second kappa shape index (κ2) is 8.35. The first kappa shape index (κ1) is 18.4. The molecule has 1 aromatic carbocycles. The zero-order valence-electron chi connectivity index (χ0n) is 15.2. The van der Waals surface area contributed by atoms with E-state index in [0.29, 0.717) is 23.6 Å². The molecule has 0 spiro atoms. The summed E-state index contributed by atoms with van der Waals surface area (Å²) in [6.07, 6.45) is 4.11. The number of aldehydes is 1. The number of benzene rings is 1. The fourth-order valence-corrected chi connectivity index (χ4v) is 2.60. The van der Waals surface area contributed by atoms with E-state index in [4.69, 9.17) is 4.74 Å². The Balaban J connectivity index is 2.02. The number of hydrogen-bond acceptors (Lipinski definition) is 6. The summed E-state index contributed by atoms with van der Waals surface area (Å²) in [5, 5.41) is 8.40. The maximum atomic E-state index is 12.2. The van der Waals surface area contributed by atoms with Crippen LogP contribution < -0.4 is 0 Å². The Kier molecular flexibility index (Phi) is 5.71. The molecule has 3 rings (SSSR count). The van der Waals surface area contributed by atoms with Gasteiger partial charge < -0.3 is 4.74 Å². The van der Waals surface area contributed by atoms with Gasteiger partial charge in [-0.3, -0.25) is 14.6 Å². The normalized spacial score (nSPS) is 10.8. The molecular weight excluding hydrogens is 344 g/mol. The molecule has 0 unspecified atom stereocenters. The minimum atomic E-state index is -0.386. The molecule has 0 N–H and O–H groups in total. The van der Waals surface area contributed by atoms with E-state index < -0.39 is 0 Å². The number of carbonyl (C=O) groups is 2. The SMILES string of the molecule is CC(C)COC(=O)Cn1nnc(-c2ccncc2)c1-c1cccc(C=O)c1. The predicted molar refractivity (Wildman–Crippen MR) is 99.9 cm³/mol. The van der Waals surface area contributed by atoms with Crippen molar-refractivity contribution in [2.45, 2.75) is 20.4 Å². The molecule has 27 heavy (non-hydrogen) atoms. The van der Waals surface area contributed by atoms with Gasteiger partial charge in [0.1, 0.15) is 18.5 Å². The van der Waals surface area contributed by atoms with Gasteiger partial charge in [-0.15, -0.1) is 5.10 Å². The van der Waals surface area contributed by atoms with E-state index >= 15 is 0 Å². The lowest BCUT2D eigenvalue weighted by atomic mass is 10.0. The first-order valence-electron chi connectivity index (χ1n) is 8.63. The van der Waals surface area contributed by atoms with Gasteiger partial charge in [0.05, 0.1) is 12.3 Å². The van der Waals surface area contributed by atoms with E-state index in [2.05, 4.69) is 15.3 Å². The van der Waals surface area contributed by atoms with Crippen molar-refractivity contribution in [1.29, 1.82) is 0 Å². The Morgan fingerprint density at radius 3 is 2.67 bits per heavy atom. The van der Waals surface area contributed by atoms with Gasteiger partial charge in [-0.2, -0.15) is 0 Å². The number of aromatic nitrogens is 4. The van der Waals surface area contributed by atoms with Crippen molar-refractivity contribution in [2.75, 3.05) is 6.61 Å². The summed E-state index contributed by atoms with van der Waals surface area (Å²) in [7, 11) is 0. The second-order valence-electron chi connectivity index (χ2n) is 6.50. The minimum Gasteiger partial charge on any atom is -0.464 e. The van der Waals surface area contributed by atoms with Crippen LogP contribution in [0.2, 0.25) is 0 Å². The number of carbonyl (C=O) groups excluding carboxylic acids is 2. The maximum absolute atomic E-state index is 12.2. The monoisotopic (exact) mass is 364 g/mol. The topological polar surface area (TPSA) is 87.0 Å². The van der Waals surface area contributed by atoms with Crippen molar-refractivity contribution in [3.05, 3.63) is 54.4 Å². The van der Waals surface area contributed by atoms with E-state index in [1.54, 1.807) is 30.6 Å². The van der Waals surface area contributed by atoms with Gasteiger partial charge in [0.15, 0.2) is 0 Å². The fourth-order valence-electron chi connectivity index (χ4n) is 2.60. The van der Waals surface area contributed by atoms with Crippen molar-refractivity contribution in [1.82, 2.24) is 20.0 Å². The molecule has 3 aromatic rings. The van der Waals surface area contributed by atoms with Crippen LogP contribution >= 0.6 is 0 Å². The van der Waals surface area contributed by atoms with Crippen LogP contribution in [0.4, 0.5) is 0 Å². The Morgan fingerprint density at radius 2 is 1.96 bits per heavy atom. The van der Waals surface area contributed by atoms with Crippen molar-refractivity contribution in [2.24, 2.45) is 5.92 Å². The van der Waals surface area contributed by atoms with E-state index in [0.717, 1.165) is 17.4 Å². The highest BCUT2D eigenvalue weighted by molar-refractivity contribution is 5.83. The minimum absolute atomic E-state index is 0.0640. The molecular formula is C20H20N4O3. The van der Waals surface area contributed by atoms with Crippen LogP contribution in [0.25, 0.3) is 22.5 Å². The summed E-state index contributed by atoms with van der Waals surface area (Å²) < 4.78 is 6.77. The number of hydrogen-bond donors (Lipinski definition) is 0. The highest BCUT2D eigenvalue weighted by atomic mass is 16.5. The van der Waals surface area contributed by atoms with E-state index in [9.17, 15) is 9.59 Å². The molecule has 2 heterocycles. The number of ether oxygens (including phenoxy) is 1. The maximum Gasteiger partial charge on any atom is 0.327 e. The quantitative estimate of drug-likeness (QED) is 0.473. The van der Waals surface area contributed by atoms with Crippen LogP contribution in [-0.2, 0) is 16.1 Å². The van der Waals surface area contributed by atoms with Gasteiger partial charge in [-0.05, 0) is 24.1 Å². The molecule has 0 amide bonds. The molecule has 0 fully saturated rings. The van der Waals surface area contributed by atoms with Crippen LogP contribution in [0.1, 0.15) is 24.2 Å². The smallest absolute Gasteiger partial charge is 0.327 e. The molecule has 0 bridgehead atoms. The third-order valence-electron chi connectivity index (χ3n) is 3.84. The molecule has 0 aliphatic carbocycles. The summed E-state index contributed by atoms with van der Waals surface area (Å²) in [6, 6.07) is 10.7. The van der Waals surface area contributed by atoms with Gasteiger partial charge in [0.2, 0.25) is 0 Å². The predicted octanol–water partition coefficient (Wildman–Crippen LogP) is 3.02. The highest BCUT2D eigenvalue weighted by Gasteiger charge is 2.19. The summed E-state index contributed by atoms with van der Waals surface area (Å²) in [6.45, 7) is 4.23. The summed E-state index contributed by atoms with van der Waals surface area (Å²) >= 11 is 0. The third kappa shape index (κ3) is 4.44. The Bertz CT molecular complexity index is 935.